The Morgan fingerprint density at radius 3 is 2.27 bits per heavy atom. The summed E-state index contributed by atoms with van der Waals surface area (Å²) in [7, 11) is 0. The van der Waals surface area contributed by atoms with Crippen LogP contribution in [0.2, 0.25) is 0 Å². The highest BCUT2D eigenvalue weighted by molar-refractivity contribution is 7.98. The molecule has 0 aromatic heterocycles. The van der Waals surface area contributed by atoms with Crippen LogP contribution in [0.25, 0.3) is 0 Å². The van der Waals surface area contributed by atoms with Gasteiger partial charge < -0.3 is 5.32 Å². The Bertz CT molecular complexity index is 312. The molecule has 0 unspecified atom stereocenters. The van der Waals surface area contributed by atoms with Crippen LogP contribution in [0.3, 0.4) is 0 Å². The van der Waals surface area contributed by atoms with Gasteiger partial charge in [0, 0.05) is 16.1 Å². The standard InChI is InChI=1S/C13H19NS/c1-13(9-3-4-10-13)14-11-5-7-12(15-2)8-6-11/h5-8,14H,3-4,9-10H2,1-2H3. The van der Waals surface area contributed by atoms with E-state index in [1.54, 1.807) is 11.8 Å². The average Bonchev–Trinajstić information content (AvgIpc) is 2.66. The van der Waals surface area contributed by atoms with E-state index in [4.69, 9.17) is 0 Å². The molecule has 1 nitrogen and oxygen atoms in total. The summed E-state index contributed by atoms with van der Waals surface area (Å²) in [4.78, 5) is 1.33. The Labute approximate surface area is 96.7 Å². The van der Waals surface area contributed by atoms with Gasteiger partial charge in [-0.2, -0.15) is 0 Å². The van der Waals surface area contributed by atoms with Crippen molar-refractivity contribution < 1.29 is 0 Å². The van der Waals surface area contributed by atoms with E-state index in [0.717, 1.165) is 0 Å². The molecule has 1 aliphatic rings. The first-order chi connectivity index (χ1) is 7.22. The Morgan fingerprint density at radius 1 is 1.13 bits per heavy atom. The van der Waals surface area contributed by atoms with Crippen molar-refractivity contribution in [1.29, 1.82) is 0 Å². The molecule has 0 aliphatic heterocycles. The molecule has 1 N–H and O–H groups in total. The number of rotatable bonds is 3. The van der Waals surface area contributed by atoms with Crippen molar-refractivity contribution in [3.05, 3.63) is 24.3 Å². The Hall–Kier alpha value is -0.630. The summed E-state index contributed by atoms with van der Waals surface area (Å²) < 4.78 is 0. The van der Waals surface area contributed by atoms with E-state index < -0.39 is 0 Å². The molecule has 2 heteroatoms. The zero-order valence-electron chi connectivity index (χ0n) is 9.55. The molecule has 2 rings (SSSR count). The Balaban J connectivity index is 2.04. The molecule has 1 fully saturated rings. The van der Waals surface area contributed by atoms with Crippen LogP contribution in [-0.2, 0) is 0 Å². The number of hydrogen-bond donors (Lipinski definition) is 1. The van der Waals surface area contributed by atoms with Gasteiger partial charge in [-0.25, -0.2) is 0 Å². The smallest absolute Gasteiger partial charge is 0.0345 e. The molecule has 0 radical (unpaired) electrons. The second-order valence-corrected chi connectivity index (χ2v) is 5.50. The van der Waals surface area contributed by atoms with E-state index in [1.807, 2.05) is 0 Å². The summed E-state index contributed by atoms with van der Waals surface area (Å²) in [6.45, 7) is 2.34. The molecule has 1 saturated carbocycles. The van der Waals surface area contributed by atoms with Gasteiger partial charge in [-0.15, -0.1) is 11.8 Å². The van der Waals surface area contributed by atoms with Gasteiger partial charge in [-0.3, -0.25) is 0 Å². The molecule has 0 amide bonds. The molecular weight excluding hydrogens is 202 g/mol. The van der Waals surface area contributed by atoms with Crippen LogP contribution < -0.4 is 5.32 Å². The minimum absolute atomic E-state index is 0.334. The van der Waals surface area contributed by atoms with Crippen molar-refractivity contribution in [3.8, 4) is 0 Å². The lowest BCUT2D eigenvalue weighted by Gasteiger charge is -2.26. The third-order valence-corrected chi connectivity index (χ3v) is 3.99. The molecule has 0 bridgehead atoms. The van der Waals surface area contributed by atoms with E-state index in [9.17, 15) is 0 Å². The van der Waals surface area contributed by atoms with Crippen molar-refractivity contribution >= 4 is 17.4 Å². The monoisotopic (exact) mass is 221 g/mol. The first-order valence-electron chi connectivity index (χ1n) is 5.64. The first kappa shape index (κ1) is 10.9. The summed E-state index contributed by atoms with van der Waals surface area (Å²) in [5, 5.41) is 3.66. The van der Waals surface area contributed by atoms with Gasteiger partial charge in [-0.1, -0.05) is 12.8 Å². The fourth-order valence-corrected chi connectivity index (χ4v) is 2.71. The molecule has 1 aliphatic carbocycles. The molecule has 1 aromatic rings. The van der Waals surface area contributed by atoms with Crippen molar-refractivity contribution in [1.82, 2.24) is 0 Å². The predicted octanol–water partition coefficient (Wildman–Crippen LogP) is 4.15. The number of hydrogen-bond acceptors (Lipinski definition) is 2. The predicted molar refractivity (Wildman–Crippen MR) is 68.7 cm³/mol. The molecular formula is C13H19NS. The van der Waals surface area contributed by atoms with Gasteiger partial charge in [0.05, 0.1) is 0 Å². The van der Waals surface area contributed by atoms with Crippen molar-refractivity contribution in [2.45, 2.75) is 43.0 Å². The third-order valence-electron chi connectivity index (χ3n) is 3.24. The topological polar surface area (TPSA) is 12.0 Å². The quantitative estimate of drug-likeness (QED) is 0.769. The van der Waals surface area contributed by atoms with E-state index in [-0.39, 0.29) is 0 Å². The molecule has 0 atom stereocenters. The van der Waals surface area contributed by atoms with Gasteiger partial charge in [0.25, 0.3) is 0 Å². The number of nitrogens with one attached hydrogen (secondary N) is 1. The Kier molecular flexibility index (Phi) is 3.25. The zero-order valence-corrected chi connectivity index (χ0v) is 10.4. The maximum Gasteiger partial charge on any atom is 0.0345 e. The van der Waals surface area contributed by atoms with Crippen LogP contribution in [0.15, 0.2) is 29.2 Å². The largest absolute Gasteiger partial charge is 0.380 e. The maximum atomic E-state index is 3.66. The lowest BCUT2D eigenvalue weighted by molar-refractivity contribution is 0.533. The normalized spacial score (nSPS) is 19.1. The second-order valence-electron chi connectivity index (χ2n) is 4.62. The number of anilines is 1. The fourth-order valence-electron chi connectivity index (χ4n) is 2.30. The summed E-state index contributed by atoms with van der Waals surface area (Å²) in [6, 6.07) is 8.75. The van der Waals surface area contributed by atoms with Gasteiger partial charge in [0.1, 0.15) is 0 Å². The summed E-state index contributed by atoms with van der Waals surface area (Å²) in [6.07, 6.45) is 7.45. The van der Waals surface area contributed by atoms with E-state index >= 15 is 0 Å². The Morgan fingerprint density at radius 2 is 1.73 bits per heavy atom. The lowest BCUT2D eigenvalue weighted by Crippen LogP contribution is -2.30. The molecule has 15 heavy (non-hydrogen) atoms. The van der Waals surface area contributed by atoms with Gasteiger partial charge >= 0.3 is 0 Å². The van der Waals surface area contributed by atoms with Crippen molar-refractivity contribution in [2.24, 2.45) is 0 Å². The van der Waals surface area contributed by atoms with Crippen LogP contribution >= 0.6 is 11.8 Å². The minimum Gasteiger partial charge on any atom is -0.380 e. The van der Waals surface area contributed by atoms with Crippen LogP contribution in [-0.4, -0.2) is 11.8 Å². The average molecular weight is 221 g/mol. The molecule has 1 aromatic carbocycles. The van der Waals surface area contributed by atoms with E-state index in [0.29, 0.717) is 5.54 Å². The SMILES string of the molecule is CSc1ccc(NC2(C)CCCC2)cc1. The van der Waals surface area contributed by atoms with Crippen LogP contribution in [0.4, 0.5) is 5.69 Å². The summed E-state index contributed by atoms with van der Waals surface area (Å²) in [5.74, 6) is 0. The van der Waals surface area contributed by atoms with Crippen molar-refractivity contribution in [2.75, 3.05) is 11.6 Å². The minimum atomic E-state index is 0.334. The van der Waals surface area contributed by atoms with Crippen LogP contribution in [0, 0.1) is 0 Å². The summed E-state index contributed by atoms with van der Waals surface area (Å²) in [5.41, 5.74) is 1.60. The van der Waals surface area contributed by atoms with Gasteiger partial charge in [-0.05, 0) is 50.3 Å². The third kappa shape index (κ3) is 2.69. The number of thioether (sulfide) groups is 1. The van der Waals surface area contributed by atoms with E-state index in [1.165, 1.54) is 36.3 Å². The highest BCUT2D eigenvalue weighted by atomic mass is 32.2. The zero-order chi connectivity index (χ0) is 10.7. The fraction of sp³-hybridized carbons (Fsp3) is 0.538. The molecule has 82 valence electrons. The number of benzene rings is 1. The maximum absolute atomic E-state index is 3.66. The highest BCUT2D eigenvalue weighted by Crippen LogP contribution is 2.32. The van der Waals surface area contributed by atoms with Gasteiger partial charge in [0.2, 0.25) is 0 Å². The molecule has 0 spiro atoms. The van der Waals surface area contributed by atoms with Crippen LogP contribution in [0.1, 0.15) is 32.6 Å². The first-order valence-corrected chi connectivity index (χ1v) is 6.87. The van der Waals surface area contributed by atoms with Gasteiger partial charge in [0.15, 0.2) is 0 Å². The second kappa shape index (κ2) is 4.48. The molecule has 0 heterocycles. The highest BCUT2D eigenvalue weighted by Gasteiger charge is 2.27. The summed E-state index contributed by atoms with van der Waals surface area (Å²) >= 11 is 1.79. The van der Waals surface area contributed by atoms with E-state index in [2.05, 4.69) is 42.8 Å². The van der Waals surface area contributed by atoms with Crippen LogP contribution in [0.5, 0.6) is 0 Å². The lowest BCUT2D eigenvalue weighted by atomic mass is 10.0. The van der Waals surface area contributed by atoms with Crippen molar-refractivity contribution in [3.63, 3.8) is 0 Å². The molecule has 0 saturated heterocycles.